The molecule has 0 bridgehead atoms. The average molecular weight is 587 g/mol. The summed E-state index contributed by atoms with van der Waals surface area (Å²) < 4.78 is 33.3. The summed E-state index contributed by atoms with van der Waals surface area (Å²) in [7, 11) is -3.70. The molecule has 0 atom stereocenters. The number of Topliss-reactive ketones (excluding diaryl/α,β-unsaturated/α-hetero) is 1. The highest BCUT2D eigenvalue weighted by atomic mass is 127. The summed E-state index contributed by atoms with van der Waals surface area (Å²) in [6.45, 7) is 0. The van der Waals surface area contributed by atoms with Gasteiger partial charge in [0.2, 0.25) is 0 Å². The van der Waals surface area contributed by atoms with Crippen LogP contribution in [0.15, 0.2) is 28.1 Å². The molecule has 1 aromatic carbocycles. The molecule has 0 unspecified atom stereocenters. The molecule has 0 saturated heterocycles. The van der Waals surface area contributed by atoms with Crippen molar-refractivity contribution in [3.8, 4) is 5.75 Å². The molecule has 1 aromatic rings. The fraction of sp³-hybridized carbons (Fsp3) is 0.273. The van der Waals surface area contributed by atoms with Crippen LogP contribution in [0.1, 0.15) is 0 Å². The Morgan fingerprint density at radius 2 is 2.13 bits per heavy atom. The van der Waals surface area contributed by atoms with Gasteiger partial charge in [0.05, 0.1) is 39.0 Å². The average Bonchev–Trinajstić information content (AvgIpc) is 2.51. The Morgan fingerprint density at radius 1 is 1.39 bits per heavy atom. The molecule has 12 heteroatoms. The predicted molar refractivity (Wildman–Crippen MR) is 102 cm³/mol. The third-order valence-corrected chi connectivity index (χ3v) is 5.94. The highest BCUT2D eigenvalue weighted by Gasteiger charge is 2.14. The first kappa shape index (κ1) is 21.0. The van der Waals surface area contributed by atoms with Gasteiger partial charge in [0.25, 0.3) is 0 Å². The number of ketones is 1. The molecule has 0 aliphatic rings. The van der Waals surface area contributed by atoms with E-state index in [0.717, 1.165) is 6.21 Å². The van der Waals surface area contributed by atoms with Gasteiger partial charge in [0.15, 0.2) is 5.78 Å². The molecule has 0 fully saturated rings. The Morgan fingerprint density at radius 3 is 2.74 bits per heavy atom. The molecule has 1 N–H and O–H groups in total. The molecule has 128 valence electrons. The molecule has 0 radical (unpaired) electrons. The molecule has 23 heavy (non-hydrogen) atoms. The Hall–Kier alpha value is -0.000000000000000222. The van der Waals surface area contributed by atoms with Crippen LogP contribution in [-0.2, 0) is 24.3 Å². The number of rotatable bonds is 10. The number of carbonyl (C=O) groups excluding carboxylic acids is 1. The summed E-state index contributed by atoms with van der Waals surface area (Å²) in [5.74, 6) is -0.291. The lowest BCUT2D eigenvalue weighted by atomic mass is 10.3. The standard InChI is InChI=1S/C11H11I2NO7S2/c12-3-4-23(17,18)19-9-1-2-11(22-21-20-16)10(5-9)14-7-8(15)6-13/h1-2,5,7,16H,3-4,6H2. The highest BCUT2D eigenvalue weighted by molar-refractivity contribution is 14.1. The van der Waals surface area contributed by atoms with Crippen molar-refractivity contribution in [1.82, 2.24) is 0 Å². The summed E-state index contributed by atoms with van der Waals surface area (Å²) in [6, 6.07) is 4.19. The number of nitrogens with zero attached hydrogens (tertiary/aromatic N) is 1. The summed E-state index contributed by atoms with van der Waals surface area (Å²) in [6.07, 6.45) is 1.11. The van der Waals surface area contributed by atoms with Crippen LogP contribution in [0.5, 0.6) is 5.75 Å². The lowest BCUT2D eigenvalue weighted by molar-refractivity contribution is -0.432. The quantitative estimate of drug-likeness (QED) is 0.0847. The molecule has 8 nitrogen and oxygen atoms in total. The highest BCUT2D eigenvalue weighted by Crippen LogP contribution is 2.34. The van der Waals surface area contributed by atoms with Gasteiger partial charge in [-0.3, -0.25) is 9.79 Å². The topological polar surface area (TPSA) is 111 Å². The normalized spacial score (nSPS) is 11.8. The number of carbonyl (C=O) groups is 1. The second-order valence-electron chi connectivity index (χ2n) is 3.75. The van der Waals surface area contributed by atoms with Gasteiger partial charge in [0, 0.05) is 10.5 Å². The molecule has 0 aliphatic heterocycles. The van der Waals surface area contributed by atoms with Crippen LogP contribution < -0.4 is 4.18 Å². The van der Waals surface area contributed by atoms with E-state index in [1.807, 2.05) is 45.2 Å². The van der Waals surface area contributed by atoms with E-state index in [4.69, 9.17) is 9.44 Å². The number of hydrogen-bond acceptors (Lipinski definition) is 9. The minimum Gasteiger partial charge on any atom is -0.382 e. The lowest BCUT2D eigenvalue weighted by Crippen LogP contribution is -2.14. The fourth-order valence-electron chi connectivity index (χ4n) is 1.23. The van der Waals surface area contributed by atoms with E-state index in [2.05, 4.69) is 14.4 Å². The Labute approximate surface area is 164 Å². The zero-order valence-electron chi connectivity index (χ0n) is 11.3. The fourth-order valence-corrected chi connectivity index (χ4v) is 4.14. The smallest absolute Gasteiger partial charge is 0.309 e. The van der Waals surface area contributed by atoms with E-state index in [1.54, 1.807) is 0 Å². The van der Waals surface area contributed by atoms with E-state index >= 15 is 0 Å². The van der Waals surface area contributed by atoms with Gasteiger partial charge in [0.1, 0.15) is 5.75 Å². The number of benzene rings is 1. The molecule has 0 saturated carbocycles. The monoisotopic (exact) mass is 587 g/mol. The van der Waals surface area contributed by atoms with Crippen molar-refractivity contribution in [3.63, 3.8) is 0 Å². The zero-order valence-corrected chi connectivity index (χ0v) is 17.3. The van der Waals surface area contributed by atoms with E-state index in [-0.39, 0.29) is 27.4 Å². The molecular weight excluding hydrogens is 576 g/mol. The Balaban J connectivity index is 3.07. The maximum Gasteiger partial charge on any atom is 0.309 e. The van der Waals surface area contributed by atoms with Crippen LogP contribution in [0.3, 0.4) is 0 Å². The largest absolute Gasteiger partial charge is 0.382 e. The number of aliphatic imine (C=N–C) groups is 1. The van der Waals surface area contributed by atoms with Crippen molar-refractivity contribution in [2.75, 3.05) is 14.6 Å². The molecule has 0 heterocycles. The second-order valence-corrected chi connectivity index (χ2v) is 8.02. The molecule has 0 amide bonds. The van der Waals surface area contributed by atoms with Crippen molar-refractivity contribution in [2.24, 2.45) is 4.99 Å². The first-order valence-corrected chi connectivity index (χ1v) is 11.2. The van der Waals surface area contributed by atoms with Crippen LogP contribution in [0, 0.1) is 0 Å². The van der Waals surface area contributed by atoms with E-state index in [1.165, 1.54) is 18.2 Å². The van der Waals surface area contributed by atoms with Gasteiger partial charge >= 0.3 is 10.1 Å². The molecule has 0 aliphatic carbocycles. The maximum absolute atomic E-state index is 11.7. The van der Waals surface area contributed by atoms with Gasteiger partial charge in [-0.1, -0.05) is 50.2 Å². The maximum atomic E-state index is 11.7. The SMILES string of the molecule is O=C(C=Nc1cc(OS(=O)(=O)CCI)ccc1SOOO)CI. The second kappa shape index (κ2) is 10.8. The molecule has 1 rings (SSSR count). The van der Waals surface area contributed by atoms with Crippen molar-refractivity contribution in [3.05, 3.63) is 18.2 Å². The minimum absolute atomic E-state index is 0.0539. The van der Waals surface area contributed by atoms with Crippen molar-refractivity contribution < 1.29 is 32.0 Å². The van der Waals surface area contributed by atoms with Gasteiger partial charge in [-0.05, 0) is 12.1 Å². The molecule has 0 aromatic heterocycles. The van der Waals surface area contributed by atoms with Gasteiger partial charge in [-0.2, -0.15) is 8.42 Å². The van der Waals surface area contributed by atoms with Crippen LogP contribution in [0.25, 0.3) is 0 Å². The van der Waals surface area contributed by atoms with E-state index < -0.39 is 10.1 Å². The van der Waals surface area contributed by atoms with Crippen molar-refractivity contribution in [1.29, 1.82) is 0 Å². The number of hydrogen-bond donors (Lipinski definition) is 1. The van der Waals surface area contributed by atoms with Crippen LogP contribution >= 0.6 is 57.2 Å². The summed E-state index contributed by atoms with van der Waals surface area (Å²) >= 11 is 4.46. The van der Waals surface area contributed by atoms with Gasteiger partial charge in [-0.15, -0.1) is 4.33 Å². The third-order valence-electron chi connectivity index (χ3n) is 2.11. The number of halogens is 2. The first-order valence-electron chi connectivity index (χ1n) is 5.81. The third kappa shape index (κ3) is 8.08. The van der Waals surface area contributed by atoms with Gasteiger partial charge in [-0.25, -0.2) is 5.26 Å². The van der Waals surface area contributed by atoms with Gasteiger partial charge < -0.3 is 4.18 Å². The lowest BCUT2D eigenvalue weighted by Gasteiger charge is -2.08. The summed E-state index contributed by atoms with van der Waals surface area (Å²) in [4.78, 5) is 15.7. The summed E-state index contributed by atoms with van der Waals surface area (Å²) in [5, 5.41) is 11.7. The Bertz CT molecular complexity index is 666. The van der Waals surface area contributed by atoms with Crippen molar-refractivity contribution >= 4 is 85.0 Å². The zero-order chi connectivity index (χ0) is 17.3. The first-order chi connectivity index (χ1) is 10.9. The minimum atomic E-state index is -3.70. The van der Waals surface area contributed by atoms with Crippen LogP contribution in [-0.4, -0.2) is 40.3 Å². The number of alkyl halides is 2. The predicted octanol–water partition coefficient (Wildman–Crippen LogP) is 2.96. The summed E-state index contributed by atoms with van der Waals surface area (Å²) in [5.41, 5.74) is 0.229. The van der Waals surface area contributed by atoms with Crippen molar-refractivity contribution in [2.45, 2.75) is 4.90 Å². The Kier molecular flexibility index (Phi) is 9.86. The van der Waals surface area contributed by atoms with Crippen LogP contribution in [0.4, 0.5) is 5.69 Å². The molecular formula is C11H11I2NO7S2. The molecule has 0 spiro atoms. The van der Waals surface area contributed by atoms with E-state index in [9.17, 15) is 13.2 Å². The van der Waals surface area contributed by atoms with Crippen LogP contribution in [0.2, 0.25) is 0 Å². The van der Waals surface area contributed by atoms with E-state index in [0.29, 0.717) is 21.4 Å².